The van der Waals surface area contributed by atoms with Crippen LogP contribution in [0.4, 0.5) is 5.69 Å². The van der Waals surface area contributed by atoms with Crippen molar-refractivity contribution < 1.29 is 9.59 Å². The summed E-state index contributed by atoms with van der Waals surface area (Å²) < 4.78 is 1.01. The van der Waals surface area contributed by atoms with Gasteiger partial charge in [0.25, 0.3) is 0 Å². The summed E-state index contributed by atoms with van der Waals surface area (Å²) in [7, 11) is 0. The van der Waals surface area contributed by atoms with Crippen LogP contribution in [0.2, 0.25) is 0 Å². The molecule has 0 aliphatic rings. The Labute approximate surface area is 122 Å². The Kier molecular flexibility index (Phi) is 6.02. The molecule has 0 aliphatic carbocycles. The molecule has 0 aliphatic heterocycles. The highest BCUT2D eigenvalue weighted by Crippen LogP contribution is 2.22. The monoisotopic (exact) mass is 326 g/mol. The van der Waals surface area contributed by atoms with Crippen LogP contribution in [0.5, 0.6) is 0 Å². The highest BCUT2D eigenvalue weighted by atomic mass is 79.9. The molecule has 0 saturated carbocycles. The molecular formula is C14H19BrN2O2. The summed E-state index contributed by atoms with van der Waals surface area (Å²) in [5.74, 6) is -0.0389. The number of benzene rings is 1. The molecule has 19 heavy (non-hydrogen) atoms. The van der Waals surface area contributed by atoms with Gasteiger partial charge in [-0.2, -0.15) is 0 Å². The Morgan fingerprint density at radius 2 is 2.05 bits per heavy atom. The fourth-order valence-electron chi connectivity index (χ4n) is 1.70. The molecule has 0 saturated heterocycles. The van der Waals surface area contributed by atoms with Crippen molar-refractivity contribution in [2.45, 2.75) is 27.2 Å². The molecule has 1 N–H and O–H groups in total. The number of nitrogens with zero attached hydrogens (tertiary/aromatic N) is 1. The van der Waals surface area contributed by atoms with Crippen molar-refractivity contribution in [3.63, 3.8) is 0 Å². The fraction of sp³-hybridized carbons (Fsp3) is 0.429. The number of hydrogen-bond acceptors (Lipinski definition) is 2. The van der Waals surface area contributed by atoms with Crippen molar-refractivity contribution in [3.05, 3.63) is 28.2 Å². The first-order valence-corrected chi connectivity index (χ1v) is 7.06. The summed E-state index contributed by atoms with van der Waals surface area (Å²) in [6.07, 6.45) is 0.456. The normalized spacial score (nSPS) is 10.1. The van der Waals surface area contributed by atoms with Crippen LogP contribution in [0, 0.1) is 6.92 Å². The van der Waals surface area contributed by atoms with Crippen molar-refractivity contribution in [3.8, 4) is 0 Å². The van der Waals surface area contributed by atoms with Gasteiger partial charge in [-0.25, -0.2) is 0 Å². The maximum atomic E-state index is 11.7. The molecule has 0 heterocycles. The molecule has 0 bridgehead atoms. The number of hydrogen-bond donors (Lipinski definition) is 1. The standard InChI is InChI=1S/C14H19BrN2O2/c1-4-14(19)16-7-8-17(11(3)18)12-5-6-13(15)10(2)9-12/h5-6,9H,4,7-8H2,1-3H3,(H,16,19). The van der Waals surface area contributed by atoms with Crippen LogP contribution in [0.3, 0.4) is 0 Å². The van der Waals surface area contributed by atoms with Crippen LogP contribution >= 0.6 is 15.9 Å². The van der Waals surface area contributed by atoms with E-state index >= 15 is 0 Å². The van der Waals surface area contributed by atoms with Crippen LogP contribution in [0.1, 0.15) is 25.8 Å². The minimum atomic E-state index is -0.0348. The van der Waals surface area contributed by atoms with E-state index in [2.05, 4.69) is 21.2 Å². The second-order valence-electron chi connectivity index (χ2n) is 4.31. The predicted octanol–water partition coefficient (Wildman–Crippen LogP) is 2.64. The van der Waals surface area contributed by atoms with E-state index in [9.17, 15) is 9.59 Å². The quantitative estimate of drug-likeness (QED) is 0.904. The molecule has 0 aromatic heterocycles. The summed E-state index contributed by atoms with van der Waals surface area (Å²) in [5, 5.41) is 2.77. The van der Waals surface area contributed by atoms with Gasteiger partial charge in [0.1, 0.15) is 0 Å². The van der Waals surface area contributed by atoms with Gasteiger partial charge in [0.15, 0.2) is 0 Å². The molecule has 1 rings (SSSR count). The van der Waals surface area contributed by atoms with Gasteiger partial charge in [-0.1, -0.05) is 22.9 Å². The number of amides is 2. The second kappa shape index (κ2) is 7.28. The summed E-state index contributed by atoms with van der Waals surface area (Å²) in [4.78, 5) is 24.5. The fourth-order valence-corrected chi connectivity index (χ4v) is 1.94. The molecule has 1 aromatic carbocycles. The molecule has 0 spiro atoms. The molecular weight excluding hydrogens is 308 g/mol. The van der Waals surface area contributed by atoms with E-state index in [4.69, 9.17) is 0 Å². The van der Waals surface area contributed by atoms with Crippen LogP contribution < -0.4 is 10.2 Å². The SMILES string of the molecule is CCC(=O)NCCN(C(C)=O)c1ccc(Br)c(C)c1. The summed E-state index contributed by atoms with van der Waals surface area (Å²) >= 11 is 3.44. The van der Waals surface area contributed by atoms with E-state index in [0.717, 1.165) is 15.7 Å². The molecule has 5 heteroatoms. The summed E-state index contributed by atoms with van der Waals surface area (Å²) in [5.41, 5.74) is 1.92. The third-order valence-corrected chi connectivity index (χ3v) is 3.70. The van der Waals surface area contributed by atoms with Crippen LogP contribution in [-0.2, 0) is 9.59 Å². The van der Waals surface area contributed by atoms with Gasteiger partial charge in [0.2, 0.25) is 11.8 Å². The van der Waals surface area contributed by atoms with Gasteiger partial charge in [0.05, 0.1) is 0 Å². The molecule has 104 valence electrons. The second-order valence-corrected chi connectivity index (χ2v) is 5.16. The molecule has 4 nitrogen and oxygen atoms in total. The smallest absolute Gasteiger partial charge is 0.223 e. The number of halogens is 1. The van der Waals surface area contributed by atoms with Crippen LogP contribution in [-0.4, -0.2) is 24.9 Å². The molecule has 0 unspecified atom stereocenters. The largest absolute Gasteiger partial charge is 0.354 e. The van der Waals surface area contributed by atoms with E-state index < -0.39 is 0 Å². The highest BCUT2D eigenvalue weighted by molar-refractivity contribution is 9.10. The number of carbonyl (C=O) groups excluding carboxylic acids is 2. The number of nitrogens with one attached hydrogen (secondary N) is 1. The van der Waals surface area contributed by atoms with Gasteiger partial charge in [-0.15, -0.1) is 0 Å². The summed E-state index contributed by atoms with van der Waals surface area (Å²) in [6.45, 7) is 6.24. The third kappa shape index (κ3) is 4.67. The first kappa shape index (κ1) is 15.7. The van der Waals surface area contributed by atoms with Crippen molar-refractivity contribution in [1.82, 2.24) is 5.32 Å². The minimum Gasteiger partial charge on any atom is -0.354 e. The molecule has 1 aromatic rings. The number of carbonyl (C=O) groups is 2. The highest BCUT2D eigenvalue weighted by Gasteiger charge is 2.12. The minimum absolute atomic E-state index is 0.00418. The Hall–Kier alpha value is -1.36. The molecule has 0 radical (unpaired) electrons. The number of anilines is 1. The van der Waals surface area contributed by atoms with Crippen molar-refractivity contribution in [2.75, 3.05) is 18.0 Å². The molecule has 2 amide bonds. The first-order chi connectivity index (χ1) is 8.95. The van der Waals surface area contributed by atoms with Crippen molar-refractivity contribution >= 4 is 33.4 Å². The zero-order valence-electron chi connectivity index (χ0n) is 11.5. The molecule has 0 fully saturated rings. The first-order valence-electron chi connectivity index (χ1n) is 6.26. The van der Waals surface area contributed by atoms with Crippen molar-refractivity contribution in [1.29, 1.82) is 0 Å². The van der Waals surface area contributed by atoms with Gasteiger partial charge in [0, 0.05) is 36.6 Å². The van der Waals surface area contributed by atoms with Gasteiger partial charge in [-0.3, -0.25) is 9.59 Å². The Bertz CT molecular complexity index is 475. The van der Waals surface area contributed by atoms with E-state index in [0.29, 0.717) is 19.5 Å². The van der Waals surface area contributed by atoms with Gasteiger partial charge < -0.3 is 10.2 Å². The average Bonchev–Trinajstić information content (AvgIpc) is 2.37. The molecule has 0 atom stereocenters. The Morgan fingerprint density at radius 3 is 2.58 bits per heavy atom. The maximum Gasteiger partial charge on any atom is 0.223 e. The van der Waals surface area contributed by atoms with E-state index in [1.54, 1.807) is 11.8 Å². The van der Waals surface area contributed by atoms with Crippen LogP contribution in [0.25, 0.3) is 0 Å². The lowest BCUT2D eigenvalue weighted by Crippen LogP contribution is -2.37. The average molecular weight is 327 g/mol. The summed E-state index contributed by atoms with van der Waals surface area (Å²) in [6, 6.07) is 5.76. The van der Waals surface area contributed by atoms with Crippen LogP contribution in [0.15, 0.2) is 22.7 Å². The number of rotatable bonds is 5. The topological polar surface area (TPSA) is 49.4 Å². The third-order valence-electron chi connectivity index (χ3n) is 2.81. The van der Waals surface area contributed by atoms with E-state index in [-0.39, 0.29) is 11.8 Å². The lowest BCUT2D eigenvalue weighted by molar-refractivity contribution is -0.121. The predicted molar refractivity (Wildman–Crippen MR) is 80.2 cm³/mol. The lowest BCUT2D eigenvalue weighted by atomic mass is 10.2. The van der Waals surface area contributed by atoms with E-state index in [1.165, 1.54) is 6.92 Å². The Morgan fingerprint density at radius 1 is 1.37 bits per heavy atom. The lowest BCUT2D eigenvalue weighted by Gasteiger charge is -2.22. The van der Waals surface area contributed by atoms with Crippen molar-refractivity contribution in [2.24, 2.45) is 0 Å². The zero-order chi connectivity index (χ0) is 14.4. The zero-order valence-corrected chi connectivity index (χ0v) is 13.1. The van der Waals surface area contributed by atoms with Gasteiger partial charge >= 0.3 is 0 Å². The maximum absolute atomic E-state index is 11.7. The van der Waals surface area contributed by atoms with Gasteiger partial charge in [-0.05, 0) is 30.7 Å². The number of aryl methyl sites for hydroxylation is 1. The van der Waals surface area contributed by atoms with E-state index in [1.807, 2.05) is 25.1 Å². The Balaban J connectivity index is 2.74.